The predicted molar refractivity (Wildman–Crippen MR) is 139 cm³/mol. The van der Waals surface area contributed by atoms with E-state index in [1.807, 2.05) is 31.2 Å². The lowest BCUT2D eigenvalue weighted by Gasteiger charge is -2.37. The largest absolute Gasteiger partial charge is 0.503 e. The van der Waals surface area contributed by atoms with Gasteiger partial charge in [-0.2, -0.15) is 0 Å². The van der Waals surface area contributed by atoms with Crippen LogP contribution in [0.1, 0.15) is 56.6 Å². The number of esters is 1. The van der Waals surface area contributed by atoms with Crippen molar-refractivity contribution in [3.05, 3.63) is 74.5 Å². The number of phenolic OH excluding ortho intramolecular Hbond substituents is 1. The van der Waals surface area contributed by atoms with Crippen molar-refractivity contribution in [1.29, 1.82) is 0 Å². The summed E-state index contributed by atoms with van der Waals surface area (Å²) in [6.45, 7) is 5.39. The first-order chi connectivity index (χ1) is 17.1. The van der Waals surface area contributed by atoms with Gasteiger partial charge in [0.25, 0.3) is 0 Å². The van der Waals surface area contributed by atoms with Gasteiger partial charge >= 0.3 is 5.97 Å². The van der Waals surface area contributed by atoms with Crippen molar-refractivity contribution in [2.24, 2.45) is 0 Å². The summed E-state index contributed by atoms with van der Waals surface area (Å²) >= 11 is 3.38. The van der Waals surface area contributed by atoms with Crippen LogP contribution in [-0.4, -0.2) is 37.2 Å². The number of phenols is 1. The summed E-state index contributed by atoms with van der Waals surface area (Å²) in [5.41, 5.74) is 4.04. The fraction of sp³-hybridized carbons (Fsp3) is 0.357. The summed E-state index contributed by atoms with van der Waals surface area (Å²) in [5.74, 6) is -0.244. The Kier molecular flexibility index (Phi) is 7.45. The van der Waals surface area contributed by atoms with Gasteiger partial charge in [-0.05, 0) is 84.4 Å². The molecule has 1 aliphatic heterocycles. The normalized spacial score (nSPS) is 19.7. The minimum absolute atomic E-state index is 0.00615. The third kappa shape index (κ3) is 4.87. The van der Waals surface area contributed by atoms with Gasteiger partial charge in [-0.3, -0.25) is 4.79 Å². The van der Waals surface area contributed by atoms with Crippen LogP contribution >= 0.6 is 15.9 Å². The first-order valence-electron chi connectivity index (χ1n) is 11.8. The zero-order chi connectivity index (χ0) is 26.1. The first-order valence-corrected chi connectivity index (χ1v) is 12.6. The molecule has 0 radical (unpaired) electrons. The van der Waals surface area contributed by atoms with Gasteiger partial charge in [0, 0.05) is 29.3 Å². The quantitative estimate of drug-likeness (QED) is 0.455. The number of carbonyl (C=O) groups is 2. The van der Waals surface area contributed by atoms with Gasteiger partial charge in [0.2, 0.25) is 0 Å². The molecule has 0 saturated carbocycles. The number of nitrogens with one attached hydrogen (secondary N) is 1. The number of hydrogen-bond donors (Lipinski definition) is 2. The second kappa shape index (κ2) is 10.4. The maximum atomic E-state index is 13.7. The fourth-order valence-corrected chi connectivity index (χ4v) is 5.41. The van der Waals surface area contributed by atoms with Crippen molar-refractivity contribution in [3.63, 3.8) is 0 Å². The van der Waals surface area contributed by atoms with E-state index in [9.17, 15) is 14.7 Å². The molecule has 190 valence electrons. The average molecular weight is 556 g/mol. The van der Waals surface area contributed by atoms with Crippen LogP contribution < -0.4 is 14.8 Å². The number of halogens is 1. The molecule has 2 N–H and O–H groups in total. The highest BCUT2D eigenvalue weighted by Gasteiger charge is 2.42. The third-order valence-electron chi connectivity index (χ3n) is 6.58. The molecule has 0 amide bonds. The molecule has 8 heteroatoms. The van der Waals surface area contributed by atoms with Crippen molar-refractivity contribution >= 4 is 27.7 Å². The van der Waals surface area contributed by atoms with E-state index in [2.05, 4.69) is 21.2 Å². The number of allylic oxidation sites excluding steroid dienone is 3. The van der Waals surface area contributed by atoms with Crippen LogP contribution in [0.25, 0.3) is 0 Å². The molecule has 0 aromatic heterocycles. The van der Waals surface area contributed by atoms with Gasteiger partial charge in [0.15, 0.2) is 17.3 Å². The molecule has 1 aliphatic carbocycles. The summed E-state index contributed by atoms with van der Waals surface area (Å²) in [7, 11) is 3.08. The molecule has 2 atom stereocenters. The second-order valence-corrected chi connectivity index (χ2v) is 10.2. The molecule has 0 spiro atoms. The maximum Gasteiger partial charge on any atom is 0.337 e. The standard InChI is InChI=1S/C28H30BrNO6/c1-14(2)36-28(33)24-15(3)30-21-11-17(16-6-8-19(34-4)9-7-16)12-22(31)26(21)25(24)18-10-20(29)27(32)23(13-18)35-5/h6-10,13-14,17,25,30,32H,11-12H2,1-5H3. The Morgan fingerprint density at radius 1 is 1.08 bits per heavy atom. The van der Waals surface area contributed by atoms with E-state index in [1.54, 1.807) is 33.1 Å². The molecule has 36 heavy (non-hydrogen) atoms. The predicted octanol–water partition coefficient (Wildman–Crippen LogP) is 5.49. The molecule has 2 unspecified atom stereocenters. The van der Waals surface area contributed by atoms with Gasteiger partial charge in [-0.1, -0.05) is 12.1 Å². The number of dihydropyridines is 1. The molecule has 0 bridgehead atoms. The van der Waals surface area contributed by atoms with Crippen molar-refractivity contribution in [2.75, 3.05) is 14.2 Å². The lowest BCUT2D eigenvalue weighted by molar-refractivity contribution is -0.143. The van der Waals surface area contributed by atoms with Gasteiger partial charge in [-0.15, -0.1) is 0 Å². The van der Waals surface area contributed by atoms with Gasteiger partial charge in [0.05, 0.1) is 30.4 Å². The molecule has 0 saturated heterocycles. The smallest absolute Gasteiger partial charge is 0.337 e. The Hall–Kier alpha value is -3.26. The van der Waals surface area contributed by atoms with E-state index in [0.29, 0.717) is 39.7 Å². The number of benzene rings is 2. The number of ether oxygens (including phenoxy) is 3. The highest BCUT2D eigenvalue weighted by molar-refractivity contribution is 9.10. The molecule has 2 aromatic rings. The van der Waals surface area contributed by atoms with E-state index in [4.69, 9.17) is 14.2 Å². The summed E-state index contributed by atoms with van der Waals surface area (Å²) in [6, 6.07) is 11.1. The number of rotatable bonds is 6. The van der Waals surface area contributed by atoms with Gasteiger partial charge in [0.1, 0.15) is 5.75 Å². The summed E-state index contributed by atoms with van der Waals surface area (Å²) in [4.78, 5) is 27.0. The van der Waals surface area contributed by atoms with Crippen molar-refractivity contribution in [3.8, 4) is 17.2 Å². The average Bonchev–Trinajstić information content (AvgIpc) is 2.84. The third-order valence-corrected chi connectivity index (χ3v) is 7.19. The maximum absolute atomic E-state index is 13.7. The number of ketones is 1. The first kappa shape index (κ1) is 25.8. The van der Waals surface area contributed by atoms with Crippen molar-refractivity contribution in [2.45, 2.75) is 51.6 Å². The minimum Gasteiger partial charge on any atom is -0.503 e. The Morgan fingerprint density at radius 3 is 2.39 bits per heavy atom. The number of methoxy groups -OCH3 is 2. The van der Waals surface area contributed by atoms with Crippen LogP contribution in [0.15, 0.2) is 63.4 Å². The van der Waals surface area contributed by atoms with Crippen molar-refractivity contribution < 1.29 is 28.9 Å². The summed E-state index contributed by atoms with van der Waals surface area (Å²) < 4.78 is 16.6. The number of hydrogen-bond acceptors (Lipinski definition) is 7. The van der Waals surface area contributed by atoms with Gasteiger partial charge < -0.3 is 24.6 Å². The number of aromatic hydroxyl groups is 1. The lowest BCUT2D eigenvalue weighted by Crippen LogP contribution is -2.36. The van der Waals surface area contributed by atoms with Crippen molar-refractivity contribution in [1.82, 2.24) is 5.32 Å². The topological polar surface area (TPSA) is 94.1 Å². The van der Waals surface area contributed by atoms with E-state index in [-0.39, 0.29) is 29.3 Å². The molecule has 2 aliphatic rings. The molecule has 4 rings (SSSR count). The highest BCUT2D eigenvalue weighted by Crippen LogP contribution is 2.48. The fourth-order valence-electron chi connectivity index (χ4n) is 4.95. The monoisotopic (exact) mass is 555 g/mol. The van der Waals surface area contributed by atoms with Crippen LogP contribution in [0.5, 0.6) is 17.2 Å². The van der Waals surface area contributed by atoms with Crippen LogP contribution in [0.2, 0.25) is 0 Å². The molecule has 0 fully saturated rings. The lowest BCUT2D eigenvalue weighted by atomic mass is 9.71. The zero-order valence-corrected chi connectivity index (χ0v) is 22.6. The molecule has 2 aromatic carbocycles. The molecule has 1 heterocycles. The number of carbonyl (C=O) groups excluding carboxylic acids is 2. The van der Waals surface area contributed by atoms with E-state index < -0.39 is 11.9 Å². The van der Waals surface area contributed by atoms with Gasteiger partial charge in [-0.25, -0.2) is 4.79 Å². The summed E-state index contributed by atoms with van der Waals surface area (Å²) in [6.07, 6.45) is 0.603. The Bertz CT molecular complexity index is 1260. The minimum atomic E-state index is -0.664. The van der Waals surface area contributed by atoms with E-state index in [1.165, 1.54) is 7.11 Å². The van der Waals surface area contributed by atoms with Crippen LogP contribution in [0, 0.1) is 0 Å². The summed E-state index contributed by atoms with van der Waals surface area (Å²) in [5, 5.41) is 13.7. The van der Waals surface area contributed by atoms with Crippen LogP contribution in [0.3, 0.4) is 0 Å². The van der Waals surface area contributed by atoms with E-state index in [0.717, 1.165) is 17.0 Å². The van der Waals surface area contributed by atoms with Crippen LogP contribution in [0.4, 0.5) is 0 Å². The second-order valence-electron chi connectivity index (χ2n) is 9.30. The molecular formula is C28H30BrNO6. The highest BCUT2D eigenvalue weighted by atomic mass is 79.9. The van der Waals surface area contributed by atoms with Crippen LogP contribution in [-0.2, 0) is 14.3 Å². The molecule has 7 nitrogen and oxygen atoms in total. The SMILES string of the molecule is COc1ccc(C2CC(=O)C3=C(C2)NC(C)=C(C(=O)OC(C)C)C3c2cc(Br)c(O)c(OC)c2)cc1. The molecular weight excluding hydrogens is 526 g/mol. The zero-order valence-electron chi connectivity index (χ0n) is 21.0. The Labute approximate surface area is 219 Å². The number of Topliss-reactive ketones (excluding diaryl/α,β-unsaturated/α-hetero) is 1. The van der Waals surface area contributed by atoms with E-state index >= 15 is 0 Å². The Balaban J connectivity index is 1.83. The Morgan fingerprint density at radius 2 is 1.78 bits per heavy atom.